The van der Waals surface area contributed by atoms with Gasteiger partial charge >= 0.3 is 6.09 Å². The topological polar surface area (TPSA) is 42.0 Å². The number of rotatable bonds is 4. The van der Waals surface area contributed by atoms with Gasteiger partial charge in [0, 0.05) is 37.2 Å². The number of benzene rings is 1. The van der Waals surface area contributed by atoms with Crippen LogP contribution in [0, 0.1) is 5.82 Å². The van der Waals surface area contributed by atoms with E-state index in [1.54, 1.807) is 11.0 Å². The van der Waals surface area contributed by atoms with E-state index >= 15 is 0 Å². The molecule has 1 aromatic carbocycles. The molecule has 0 spiro atoms. The Bertz CT molecular complexity index is 631. The lowest BCUT2D eigenvalue weighted by molar-refractivity contribution is 0.000299. The molecule has 1 amide bonds. The Balaban J connectivity index is 1.82. The Morgan fingerprint density at radius 3 is 2.65 bits per heavy atom. The quantitative estimate of drug-likeness (QED) is 0.673. The molecule has 1 fully saturated rings. The Labute approximate surface area is 167 Å². The van der Waals surface area contributed by atoms with Crippen molar-refractivity contribution < 1.29 is 18.7 Å². The Morgan fingerprint density at radius 1 is 1.38 bits per heavy atom. The molecule has 0 saturated carbocycles. The maximum atomic E-state index is 13.9. The van der Waals surface area contributed by atoms with E-state index < -0.39 is 11.4 Å². The van der Waals surface area contributed by atoms with Crippen molar-refractivity contribution in [3.8, 4) is 5.75 Å². The van der Waals surface area contributed by atoms with Crippen LogP contribution in [0.5, 0.6) is 5.75 Å². The Hall–Kier alpha value is -1.05. The minimum Gasteiger partial charge on any atom is -0.488 e. The first-order valence-corrected chi connectivity index (χ1v) is 9.73. The molecular formula is C18H25BrClFN2O3. The largest absolute Gasteiger partial charge is 0.488 e. The third-order valence-electron chi connectivity index (χ3n) is 3.96. The number of nitrogens with zero attached hydrogens (tertiary/aromatic N) is 2. The normalized spacial score (nSPS) is 18.7. The number of piperazine rings is 1. The summed E-state index contributed by atoms with van der Waals surface area (Å²) in [5, 5.41) is 0.314. The van der Waals surface area contributed by atoms with Crippen LogP contribution in [0.2, 0.25) is 5.02 Å². The number of hydrogen-bond acceptors (Lipinski definition) is 4. The molecule has 8 heteroatoms. The molecule has 1 heterocycles. The predicted molar refractivity (Wildman–Crippen MR) is 103 cm³/mol. The molecule has 1 aliphatic rings. The maximum absolute atomic E-state index is 13.9. The van der Waals surface area contributed by atoms with Gasteiger partial charge in [-0.1, -0.05) is 11.6 Å². The number of amides is 1. The zero-order valence-corrected chi connectivity index (χ0v) is 17.9. The van der Waals surface area contributed by atoms with Crippen molar-refractivity contribution >= 4 is 33.6 Å². The Kier molecular flexibility index (Phi) is 7.16. The highest BCUT2D eigenvalue weighted by molar-refractivity contribution is 9.10. The second-order valence-corrected chi connectivity index (χ2v) is 8.66. The second kappa shape index (κ2) is 8.76. The lowest BCUT2D eigenvalue weighted by Crippen LogP contribution is -2.55. The standard InChI is InChI=1S/C18H25BrClFN2O3/c1-12-11-22(5-6-23(12)17(24)26-18(2,3)4)7-8-25-16-14(19)9-13(20)10-15(16)21/h9-10,12H,5-8,11H2,1-4H3/t12-/m0/s1. The molecule has 1 saturated heterocycles. The summed E-state index contributed by atoms with van der Waals surface area (Å²) in [6.07, 6.45) is -0.284. The first-order valence-electron chi connectivity index (χ1n) is 8.56. The van der Waals surface area contributed by atoms with Gasteiger partial charge in [0.25, 0.3) is 0 Å². The fourth-order valence-corrected chi connectivity index (χ4v) is 3.66. The molecule has 5 nitrogen and oxygen atoms in total. The van der Waals surface area contributed by atoms with Gasteiger partial charge < -0.3 is 14.4 Å². The van der Waals surface area contributed by atoms with Gasteiger partial charge in [0.1, 0.15) is 12.2 Å². The molecule has 2 rings (SSSR count). The number of ether oxygens (including phenoxy) is 2. The molecule has 0 aliphatic carbocycles. The van der Waals surface area contributed by atoms with Gasteiger partial charge in [0.05, 0.1) is 4.47 Å². The first-order chi connectivity index (χ1) is 12.1. The van der Waals surface area contributed by atoms with Crippen molar-refractivity contribution in [3.05, 3.63) is 27.4 Å². The SMILES string of the molecule is C[C@H]1CN(CCOc2c(F)cc(Cl)cc2Br)CCN1C(=O)OC(C)(C)C. The van der Waals surface area contributed by atoms with E-state index in [4.69, 9.17) is 21.1 Å². The average Bonchev–Trinajstić information content (AvgIpc) is 2.48. The van der Waals surface area contributed by atoms with Crippen molar-refractivity contribution in [3.63, 3.8) is 0 Å². The van der Waals surface area contributed by atoms with Crippen LogP contribution in [0.4, 0.5) is 9.18 Å². The predicted octanol–water partition coefficient (Wildman–Crippen LogP) is 4.56. The molecule has 146 valence electrons. The highest BCUT2D eigenvalue weighted by atomic mass is 79.9. The molecule has 0 N–H and O–H groups in total. The van der Waals surface area contributed by atoms with Gasteiger partial charge in [0.2, 0.25) is 0 Å². The van der Waals surface area contributed by atoms with Gasteiger partial charge in [-0.15, -0.1) is 0 Å². The molecule has 1 atom stereocenters. The van der Waals surface area contributed by atoms with Gasteiger partial charge in [-0.3, -0.25) is 4.90 Å². The number of halogens is 3. The van der Waals surface area contributed by atoms with Crippen LogP contribution in [0.3, 0.4) is 0 Å². The van der Waals surface area contributed by atoms with E-state index in [-0.39, 0.29) is 17.9 Å². The number of carbonyl (C=O) groups excluding carboxylic acids is 1. The highest BCUT2D eigenvalue weighted by Gasteiger charge is 2.30. The van der Waals surface area contributed by atoms with E-state index in [1.807, 2.05) is 27.7 Å². The lowest BCUT2D eigenvalue weighted by Gasteiger charge is -2.40. The molecule has 1 aromatic rings. The van der Waals surface area contributed by atoms with E-state index in [2.05, 4.69) is 20.8 Å². The van der Waals surface area contributed by atoms with Gasteiger partial charge in [-0.05, 0) is 55.8 Å². The van der Waals surface area contributed by atoms with E-state index in [1.165, 1.54) is 6.07 Å². The smallest absolute Gasteiger partial charge is 0.410 e. The van der Waals surface area contributed by atoms with Gasteiger partial charge in [-0.25, -0.2) is 9.18 Å². The van der Waals surface area contributed by atoms with Crippen LogP contribution in [0.15, 0.2) is 16.6 Å². The molecule has 0 bridgehead atoms. The van der Waals surface area contributed by atoms with Crippen LogP contribution >= 0.6 is 27.5 Å². The average molecular weight is 452 g/mol. The van der Waals surface area contributed by atoms with E-state index in [9.17, 15) is 9.18 Å². The van der Waals surface area contributed by atoms with Crippen molar-refractivity contribution in [2.24, 2.45) is 0 Å². The summed E-state index contributed by atoms with van der Waals surface area (Å²) in [5.74, 6) is -0.331. The summed E-state index contributed by atoms with van der Waals surface area (Å²) in [4.78, 5) is 16.2. The van der Waals surface area contributed by atoms with Crippen LogP contribution in [0.25, 0.3) is 0 Å². The van der Waals surface area contributed by atoms with Gasteiger partial charge in [0.15, 0.2) is 11.6 Å². The Morgan fingerprint density at radius 2 is 2.08 bits per heavy atom. The van der Waals surface area contributed by atoms with Crippen molar-refractivity contribution in [1.29, 1.82) is 0 Å². The van der Waals surface area contributed by atoms with Crippen LogP contribution in [0.1, 0.15) is 27.7 Å². The molecular weight excluding hydrogens is 427 g/mol. The minimum absolute atomic E-state index is 0.0394. The van der Waals surface area contributed by atoms with Crippen LogP contribution < -0.4 is 4.74 Å². The molecule has 26 heavy (non-hydrogen) atoms. The summed E-state index contributed by atoms with van der Waals surface area (Å²) in [5.41, 5.74) is -0.502. The summed E-state index contributed by atoms with van der Waals surface area (Å²) in [6, 6.07) is 2.86. The second-order valence-electron chi connectivity index (χ2n) is 7.37. The van der Waals surface area contributed by atoms with Crippen molar-refractivity contribution in [2.75, 3.05) is 32.8 Å². The number of carbonyl (C=O) groups is 1. The third-order valence-corrected chi connectivity index (χ3v) is 4.76. The fourth-order valence-electron chi connectivity index (χ4n) is 2.77. The van der Waals surface area contributed by atoms with E-state index in [0.29, 0.717) is 35.7 Å². The number of hydrogen-bond donors (Lipinski definition) is 0. The lowest BCUT2D eigenvalue weighted by atomic mass is 10.2. The van der Waals surface area contributed by atoms with Gasteiger partial charge in [-0.2, -0.15) is 0 Å². The highest BCUT2D eigenvalue weighted by Crippen LogP contribution is 2.31. The zero-order valence-electron chi connectivity index (χ0n) is 15.5. The molecule has 0 radical (unpaired) electrons. The van der Waals surface area contributed by atoms with E-state index in [0.717, 1.165) is 6.54 Å². The zero-order chi connectivity index (χ0) is 19.5. The molecule has 0 aromatic heterocycles. The minimum atomic E-state index is -0.502. The maximum Gasteiger partial charge on any atom is 0.410 e. The summed E-state index contributed by atoms with van der Waals surface area (Å²) < 4.78 is 25.4. The van der Waals surface area contributed by atoms with Crippen LogP contribution in [-0.4, -0.2) is 60.3 Å². The summed E-state index contributed by atoms with van der Waals surface area (Å²) in [6.45, 7) is 10.6. The molecule has 1 aliphatic heterocycles. The van der Waals surface area contributed by atoms with Crippen molar-refractivity contribution in [2.45, 2.75) is 39.3 Å². The first kappa shape index (κ1) is 21.3. The van der Waals surface area contributed by atoms with Crippen molar-refractivity contribution in [1.82, 2.24) is 9.80 Å². The summed E-state index contributed by atoms with van der Waals surface area (Å²) in [7, 11) is 0. The summed E-state index contributed by atoms with van der Waals surface area (Å²) >= 11 is 9.06. The monoisotopic (exact) mass is 450 g/mol. The molecule has 0 unspecified atom stereocenters. The third kappa shape index (κ3) is 5.99. The fraction of sp³-hybridized carbons (Fsp3) is 0.611. The van der Waals surface area contributed by atoms with Crippen LogP contribution in [-0.2, 0) is 4.74 Å².